The van der Waals surface area contributed by atoms with Gasteiger partial charge in [-0.2, -0.15) is 13.2 Å². The monoisotopic (exact) mass is 384 g/mol. The Bertz CT molecular complexity index is 827. The van der Waals surface area contributed by atoms with Crippen molar-refractivity contribution in [2.75, 3.05) is 5.88 Å². The van der Waals surface area contributed by atoms with Crippen molar-refractivity contribution in [1.29, 1.82) is 0 Å². The molecule has 1 aliphatic carbocycles. The molecule has 1 saturated heterocycles. The zero-order valence-electron chi connectivity index (χ0n) is 12.7. The number of rotatable bonds is 2. The summed E-state index contributed by atoms with van der Waals surface area (Å²) in [7, 11) is 0. The average Bonchev–Trinajstić information content (AvgIpc) is 2.94. The second kappa shape index (κ2) is 7.09. The Kier molecular flexibility index (Phi) is 5.06. The fourth-order valence-electron chi connectivity index (χ4n) is 2.36. The van der Waals surface area contributed by atoms with Crippen molar-refractivity contribution in [3.05, 3.63) is 64.2 Å². The van der Waals surface area contributed by atoms with Gasteiger partial charge in [-0.05, 0) is 41.5 Å². The van der Waals surface area contributed by atoms with Gasteiger partial charge in [-0.15, -0.1) is 0 Å². The summed E-state index contributed by atoms with van der Waals surface area (Å²) in [6, 6.07) is 4.52. The second-order valence-electron chi connectivity index (χ2n) is 5.33. The molecule has 0 aromatic heterocycles. The minimum Gasteiger partial charge on any atom is -0.341 e. The molecule has 1 aromatic rings. The third-order valence-electron chi connectivity index (χ3n) is 3.52. The van der Waals surface area contributed by atoms with Crippen LogP contribution in [0.2, 0.25) is 0 Å². The average molecular weight is 385 g/mol. The van der Waals surface area contributed by atoms with Crippen LogP contribution in [-0.2, 0) is 11.0 Å². The number of thioether (sulfide) groups is 1. The Labute approximate surface area is 151 Å². The number of amides is 1. The van der Waals surface area contributed by atoms with Crippen LogP contribution in [0.4, 0.5) is 13.2 Å². The number of benzene rings is 1. The van der Waals surface area contributed by atoms with Crippen LogP contribution in [0.15, 0.2) is 58.1 Å². The first-order valence-electron chi connectivity index (χ1n) is 7.26. The number of aliphatic imine (C=N–C) groups is 1. The highest BCUT2D eigenvalue weighted by atomic mass is 35.5. The van der Waals surface area contributed by atoms with Crippen LogP contribution in [-0.4, -0.2) is 22.9 Å². The Hall–Kier alpha value is -1.99. The maximum absolute atomic E-state index is 12.9. The van der Waals surface area contributed by atoms with Crippen LogP contribution in [0.1, 0.15) is 11.1 Å². The van der Waals surface area contributed by atoms with Crippen LogP contribution < -0.4 is 5.32 Å². The van der Waals surface area contributed by atoms with Crippen LogP contribution in [0.5, 0.6) is 0 Å². The normalized spacial score (nSPS) is 23.9. The Morgan fingerprint density at radius 2 is 2.16 bits per heavy atom. The van der Waals surface area contributed by atoms with Crippen LogP contribution in [0.3, 0.4) is 0 Å². The van der Waals surface area contributed by atoms with Gasteiger partial charge in [0.1, 0.15) is 0 Å². The molecule has 0 bridgehead atoms. The van der Waals surface area contributed by atoms with E-state index in [4.69, 9.17) is 11.6 Å². The molecule has 2 aliphatic rings. The van der Waals surface area contributed by atoms with Crippen LogP contribution in [0.25, 0.3) is 6.08 Å². The summed E-state index contributed by atoms with van der Waals surface area (Å²) in [5.41, 5.74) is 0.270. The van der Waals surface area contributed by atoms with Crippen molar-refractivity contribution in [3.63, 3.8) is 0 Å². The van der Waals surface area contributed by atoms with Gasteiger partial charge in [0.15, 0.2) is 5.04 Å². The van der Waals surface area contributed by atoms with Crippen molar-refractivity contribution in [2.45, 2.75) is 12.2 Å². The number of carbonyl (C=O) groups excluding carboxylic acids is 1. The van der Waals surface area contributed by atoms with Crippen molar-refractivity contribution in [2.24, 2.45) is 4.99 Å². The predicted octanol–water partition coefficient (Wildman–Crippen LogP) is 4.37. The third-order valence-corrected chi connectivity index (χ3v) is 4.61. The van der Waals surface area contributed by atoms with Gasteiger partial charge in [-0.1, -0.05) is 41.6 Å². The molecule has 25 heavy (non-hydrogen) atoms. The largest absolute Gasteiger partial charge is 0.416 e. The number of alkyl halides is 3. The Morgan fingerprint density at radius 1 is 1.36 bits per heavy atom. The molecule has 3 rings (SSSR count). The summed E-state index contributed by atoms with van der Waals surface area (Å²) in [5.74, 6) is 0.203. The maximum atomic E-state index is 12.9. The fourth-order valence-corrected chi connectivity index (χ4v) is 3.29. The molecule has 130 valence electrons. The number of carbonyl (C=O) groups is 1. The Morgan fingerprint density at radius 3 is 2.84 bits per heavy atom. The number of nitrogens with zero attached hydrogens (tertiary/aromatic N) is 1. The minimum atomic E-state index is -4.41. The Balaban J connectivity index is 1.96. The molecule has 1 N–H and O–H groups in total. The van der Waals surface area contributed by atoms with E-state index in [1.54, 1.807) is 30.4 Å². The molecule has 1 amide bonds. The van der Waals surface area contributed by atoms with Crippen molar-refractivity contribution < 1.29 is 18.0 Å². The smallest absolute Gasteiger partial charge is 0.341 e. The molecule has 3 nitrogen and oxygen atoms in total. The van der Waals surface area contributed by atoms with Gasteiger partial charge in [0.2, 0.25) is 0 Å². The van der Waals surface area contributed by atoms with E-state index in [1.165, 1.54) is 17.8 Å². The summed E-state index contributed by atoms with van der Waals surface area (Å²) >= 11 is 7.30. The number of halogens is 4. The molecular formula is C17H12ClF3N2OS. The lowest BCUT2D eigenvalue weighted by molar-refractivity contribution is -0.137. The summed E-state index contributed by atoms with van der Waals surface area (Å²) < 4.78 is 38.6. The number of allylic oxidation sites excluding steroid dienone is 2. The number of nitrogens with one attached hydrogen (secondary N) is 1. The molecule has 1 heterocycles. The maximum Gasteiger partial charge on any atom is 0.416 e. The van der Waals surface area contributed by atoms with Gasteiger partial charge in [0.05, 0.1) is 17.5 Å². The highest BCUT2D eigenvalue weighted by Gasteiger charge is 2.30. The quantitative estimate of drug-likeness (QED) is 0.822. The third kappa shape index (κ3) is 4.35. The lowest BCUT2D eigenvalue weighted by Crippen LogP contribution is -2.20. The molecule has 1 fully saturated rings. The van der Waals surface area contributed by atoms with E-state index in [2.05, 4.69) is 10.3 Å². The van der Waals surface area contributed by atoms with Gasteiger partial charge in [0.25, 0.3) is 5.91 Å². The van der Waals surface area contributed by atoms with Gasteiger partial charge in [-0.25, -0.2) is 0 Å². The molecule has 0 saturated carbocycles. The second-order valence-corrected chi connectivity index (χ2v) is 6.73. The molecule has 1 unspecified atom stereocenters. The highest BCUT2D eigenvalue weighted by molar-refractivity contribution is 8.16. The van der Waals surface area contributed by atoms with Gasteiger partial charge < -0.3 is 5.32 Å². The van der Waals surface area contributed by atoms with E-state index in [0.717, 1.165) is 12.1 Å². The van der Waals surface area contributed by atoms with E-state index in [-0.39, 0.29) is 5.91 Å². The summed E-state index contributed by atoms with van der Waals surface area (Å²) in [4.78, 5) is 16.0. The summed E-state index contributed by atoms with van der Waals surface area (Å²) in [5, 5.41) is 3.43. The van der Waals surface area contributed by atoms with Gasteiger partial charge in [0, 0.05) is 5.03 Å². The minimum absolute atomic E-state index is 0.252. The molecule has 0 radical (unpaired) electrons. The van der Waals surface area contributed by atoms with E-state index in [0.29, 0.717) is 27.1 Å². The highest BCUT2D eigenvalue weighted by Crippen LogP contribution is 2.31. The van der Waals surface area contributed by atoms with Crippen molar-refractivity contribution >= 4 is 40.4 Å². The summed E-state index contributed by atoms with van der Waals surface area (Å²) in [6.45, 7) is 0. The predicted molar refractivity (Wildman–Crippen MR) is 94.3 cm³/mol. The van der Waals surface area contributed by atoms with Crippen molar-refractivity contribution in [1.82, 2.24) is 5.32 Å². The van der Waals surface area contributed by atoms with Crippen LogP contribution in [0, 0.1) is 0 Å². The molecule has 8 heteroatoms. The molecule has 0 spiro atoms. The molecule has 1 aliphatic heterocycles. The first kappa shape index (κ1) is 17.8. The molecule has 1 aromatic carbocycles. The number of hydrogen-bond acceptors (Lipinski definition) is 3. The zero-order valence-corrected chi connectivity index (χ0v) is 14.3. The molecular weight excluding hydrogens is 373 g/mol. The first-order chi connectivity index (χ1) is 11.8. The summed E-state index contributed by atoms with van der Waals surface area (Å²) in [6.07, 6.45) is 2.17. The topological polar surface area (TPSA) is 41.5 Å². The first-order valence-corrected chi connectivity index (χ1v) is 8.62. The van der Waals surface area contributed by atoms with E-state index in [1.807, 2.05) is 0 Å². The SMILES string of the molecule is O=C1NCSC1=NC1C=CC(Cl)=CC1=Cc1cccc(C(F)(F)F)c1. The lowest BCUT2D eigenvalue weighted by atomic mass is 9.99. The standard InChI is InChI=1S/C17H12ClF3N2OS/c18-13-4-5-14(23-16-15(24)22-9-25-16)11(8-13)6-10-2-1-3-12(7-10)17(19,20)21/h1-8,14H,9H2,(H,22,24). The fraction of sp³-hybridized carbons (Fsp3) is 0.176. The van der Waals surface area contributed by atoms with E-state index >= 15 is 0 Å². The van der Waals surface area contributed by atoms with Gasteiger partial charge >= 0.3 is 6.18 Å². The van der Waals surface area contributed by atoms with E-state index < -0.39 is 17.8 Å². The zero-order chi connectivity index (χ0) is 18.0. The van der Waals surface area contributed by atoms with Crippen LogP contribution >= 0.6 is 23.4 Å². The number of hydrogen-bond donors (Lipinski definition) is 1. The van der Waals surface area contributed by atoms with Crippen molar-refractivity contribution in [3.8, 4) is 0 Å². The molecule has 1 atom stereocenters. The lowest BCUT2D eigenvalue weighted by Gasteiger charge is -2.15. The van der Waals surface area contributed by atoms with Gasteiger partial charge in [-0.3, -0.25) is 9.79 Å². The van der Waals surface area contributed by atoms with E-state index in [9.17, 15) is 18.0 Å².